The fraction of sp³-hybridized carbons (Fsp3) is 0.294. The van der Waals surface area contributed by atoms with E-state index in [9.17, 15) is 9.18 Å². The first kappa shape index (κ1) is 15.5. The summed E-state index contributed by atoms with van der Waals surface area (Å²) in [5.74, 6) is 0.138. The highest BCUT2D eigenvalue weighted by Crippen LogP contribution is 2.25. The zero-order valence-electron chi connectivity index (χ0n) is 13.6. The van der Waals surface area contributed by atoms with Crippen molar-refractivity contribution in [2.24, 2.45) is 5.10 Å². The van der Waals surface area contributed by atoms with E-state index in [1.54, 1.807) is 29.4 Å². The van der Waals surface area contributed by atoms with E-state index in [-0.39, 0.29) is 17.7 Å². The molecule has 25 heavy (non-hydrogen) atoms. The Hall–Kier alpha value is -3.03. The Morgan fingerprint density at radius 1 is 1.36 bits per heavy atom. The Labute approximate surface area is 143 Å². The number of hydrogen-bond donors (Lipinski definition) is 1. The lowest BCUT2D eigenvalue weighted by Crippen LogP contribution is -2.51. The molecular weight excluding hydrogens is 325 g/mol. The van der Waals surface area contributed by atoms with Gasteiger partial charge in [-0.05, 0) is 24.3 Å². The van der Waals surface area contributed by atoms with E-state index in [1.807, 2.05) is 0 Å². The smallest absolute Gasteiger partial charge is 0.244 e. The molecule has 0 bridgehead atoms. The molecule has 1 amide bonds. The number of piperazine rings is 1. The van der Waals surface area contributed by atoms with Gasteiger partial charge in [-0.25, -0.2) is 14.4 Å². The Morgan fingerprint density at radius 3 is 3.04 bits per heavy atom. The first-order chi connectivity index (χ1) is 12.2. The van der Waals surface area contributed by atoms with Gasteiger partial charge in [0.2, 0.25) is 5.91 Å². The SMILES string of the molecule is COc1cc(-c2nccc(C3=NN4CCNC(=O)C4C3)n2)ccc1F. The largest absolute Gasteiger partial charge is 0.494 e. The predicted octanol–water partition coefficient (Wildman–Crippen LogP) is 1.20. The highest BCUT2D eigenvalue weighted by Gasteiger charge is 2.35. The minimum atomic E-state index is -0.439. The number of rotatable bonds is 3. The van der Waals surface area contributed by atoms with Crippen molar-refractivity contribution in [3.63, 3.8) is 0 Å². The lowest BCUT2D eigenvalue weighted by Gasteiger charge is -2.27. The monoisotopic (exact) mass is 341 g/mol. The highest BCUT2D eigenvalue weighted by molar-refractivity contribution is 6.03. The van der Waals surface area contributed by atoms with Gasteiger partial charge in [-0.3, -0.25) is 9.80 Å². The Balaban J connectivity index is 1.65. The van der Waals surface area contributed by atoms with Gasteiger partial charge in [0.25, 0.3) is 0 Å². The summed E-state index contributed by atoms with van der Waals surface area (Å²) in [4.78, 5) is 20.7. The quantitative estimate of drug-likeness (QED) is 0.907. The van der Waals surface area contributed by atoms with Gasteiger partial charge in [-0.15, -0.1) is 0 Å². The maximum atomic E-state index is 13.6. The van der Waals surface area contributed by atoms with E-state index in [2.05, 4.69) is 20.4 Å². The summed E-state index contributed by atoms with van der Waals surface area (Å²) >= 11 is 0. The molecule has 1 unspecified atom stereocenters. The van der Waals surface area contributed by atoms with Crippen LogP contribution in [0.2, 0.25) is 0 Å². The molecule has 7 nitrogen and oxygen atoms in total. The van der Waals surface area contributed by atoms with E-state index < -0.39 is 5.82 Å². The van der Waals surface area contributed by atoms with Gasteiger partial charge in [0, 0.05) is 24.7 Å². The normalized spacial score (nSPS) is 19.3. The van der Waals surface area contributed by atoms with E-state index in [1.165, 1.54) is 13.2 Å². The number of methoxy groups -OCH3 is 1. The van der Waals surface area contributed by atoms with E-state index >= 15 is 0 Å². The summed E-state index contributed by atoms with van der Waals surface area (Å²) in [5.41, 5.74) is 2.06. The summed E-state index contributed by atoms with van der Waals surface area (Å²) < 4.78 is 18.6. The average Bonchev–Trinajstić information content (AvgIpc) is 3.08. The number of nitrogens with one attached hydrogen (secondary N) is 1. The second-order valence-electron chi connectivity index (χ2n) is 5.84. The molecule has 0 radical (unpaired) electrons. The lowest BCUT2D eigenvalue weighted by atomic mass is 10.1. The fourth-order valence-corrected chi connectivity index (χ4v) is 3.01. The topological polar surface area (TPSA) is 79.7 Å². The van der Waals surface area contributed by atoms with Crippen molar-refractivity contribution in [1.29, 1.82) is 0 Å². The van der Waals surface area contributed by atoms with Crippen LogP contribution in [0.4, 0.5) is 4.39 Å². The predicted molar refractivity (Wildman–Crippen MR) is 88.6 cm³/mol. The summed E-state index contributed by atoms with van der Waals surface area (Å²) in [7, 11) is 1.41. The molecule has 128 valence electrons. The Bertz CT molecular complexity index is 870. The molecule has 0 spiro atoms. The maximum absolute atomic E-state index is 13.6. The molecule has 2 aliphatic rings. The first-order valence-corrected chi connectivity index (χ1v) is 7.95. The van der Waals surface area contributed by atoms with Crippen LogP contribution in [-0.2, 0) is 4.79 Å². The van der Waals surface area contributed by atoms with Crippen LogP contribution in [0.15, 0.2) is 35.6 Å². The molecule has 0 aliphatic carbocycles. The van der Waals surface area contributed by atoms with Gasteiger partial charge in [0.1, 0.15) is 6.04 Å². The van der Waals surface area contributed by atoms with Crippen molar-refractivity contribution in [3.05, 3.63) is 42.0 Å². The maximum Gasteiger partial charge on any atom is 0.244 e. The van der Waals surface area contributed by atoms with Gasteiger partial charge in [0.15, 0.2) is 17.4 Å². The van der Waals surface area contributed by atoms with Gasteiger partial charge >= 0.3 is 0 Å². The van der Waals surface area contributed by atoms with Crippen LogP contribution < -0.4 is 10.1 Å². The van der Waals surface area contributed by atoms with Crippen LogP contribution in [-0.4, -0.2) is 52.8 Å². The average molecular weight is 341 g/mol. The lowest BCUT2D eigenvalue weighted by molar-refractivity contribution is -0.128. The number of fused-ring (bicyclic) bond motifs is 1. The minimum absolute atomic E-state index is 0.0115. The van der Waals surface area contributed by atoms with Gasteiger partial charge in [0.05, 0.1) is 25.1 Å². The molecule has 1 saturated heterocycles. The first-order valence-electron chi connectivity index (χ1n) is 7.95. The van der Waals surface area contributed by atoms with Crippen molar-refractivity contribution >= 4 is 11.6 Å². The van der Waals surface area contributed by atoms with Gasteiger partial charge in [-0.1, -0.05) is 0 Å². The van der Waals surface area contributed by atoms with Crippen molar-refractivity contribution in [3.8, 4) is 17.1 Å². The molecule has 2 aromatic rings. The Morgan fingerprint density at radius 2 is 2.24 bits per heavy atom. The third-order valence-corrected chi connectivity index (χ3v) is 4.30. The highest BCUT2D eigenvalue weighted by atomic mass is 19.1. The number of halogens is 1. The number of aromatic nitrogens is 2. The van der Waals surface area contributed by atoms with Crippen molar-refractivity contribution in [1.82, 2.24) is 20.3 Å². The van der Waals surface area contributed by atoms with Gasteiger partial charge < -0.3 is 10.1 Å². The van der Waals surface area contributed by atoms with Crippen LogP contribution in [0.25, 0.3) is 11.4 Å². The molecule has 4 rings (SSSR count). The molecule has 2 aliphatic heterocycles. The zero-order chi connectivity index (χ0) is 17.4. The standard InChI is InChI=1S/C17H16FN5O2/c1-25-15-8-10(2-3-11(15)18)16-19-5-4-12(21-16)13-9-14-17(24)20-6-7-23(14)22-13/h2-5,8,14H,6-7,9H2,1H3,(H,20,24). The summed E-state index contributed by atoms with van der Waals surface area (Å²) in [6.07, 6.45) is 2.14. The number of carbonyl (C=O) groups is 1. The van der Waals surface area contributed by atoms with Crippen LogP contribution in [0, 0.1) is 5.82 Å². The number of benzene rings is 1. The molecule has 1 N–H and O–H groups in total. The summed E-state index contributed by atoms with van der Waals surface area (Å²) in [6, 6.07) is 5.97. The molecule has 1 fully saturated rings. The molecule has 1 aromatic heterocycles. The summed E-state index contributed by atoms with van der Waals surface area (Å²) in [6.45, 7) is 1.28. The van der Waals surface area contributed by atoms with Crippen LogP contribution in [0.3, 0.4) is 0 Å². The molecule has 8 heteroatoms. The molecular formula is C17H16FN5O2. The molecule has 1 aromatic carbocycles. The van der Waals surface area contributed by atoms with E-state index in [4.69, 9.17) is 4.74 Å². The minimum Gasteiger partial charge on any atom is -0.494 e. The van der Waals surface area contributed by atoms with E-state index in [0.29, 0.717) is 36.6 Å². The molecule has 3 heterocycles. The van der Waals surface area contributed by atoms with Crippen molar-refractivity contribution in [2.45, 2.75) is 12.5 Å². The fourth-order valence-electron chi connectivity index (χ4n) is 3.01. The van der Waals surface area contributed by atoms with Crippen molar-refractivity contribution in [2.75, 3.05) is 20.2 Å². The number of amides is 1. The number of ether oxygens (including phenoxy) is 1. The zero-order valence-corrected chi connectivity index (χ0v) is 13.6. The second-order valence-corrected chi connectivity index (χ2v) is 5.84. The summed E-state index contributed by atoms with van der Waals surface area (Å²) in [5, 5.41) is 9.17. The molecule has 1 atom stereocenters. The van der Waals surface area contributed by atoms with Crippen LogP contribution in [0.1, 0.15) is 12.1 Å². The number of carbonyl (C=O) groups excluding carboxylic acids is 1. The van der Waals surface area contributed by atoms with Crippen LogP contribution in [0.5, 0.6) is 5.75 Å². The number of hydrazone groups is 1. The number of hydrogen-bond acceptors (Lipinski definition) is 6. The van der Waals surface area contributed by atoms with Crippen molar-refractivity contribution < 1.29 is 13.9 Å². The molecule has 0 saturated carbocycles. The second kappa shape index (κ2) is 6.12. The number of nitrogens with zero attached hydrogens (tertiary/aromatic N) is 4. The Kier molecular flexibility index (Phi) is 3.79. The third-order valence-electron chi connectivity index (χ3n) is 4.30. The van der Waals surface area contributed by atoms with Gasteiger partial charge in [-0.2, -0.15) is 5.10 Å². The van der Waals surface area contributed by atoms with E-state index in [0.717, 1.165) is 5.71 Å². The third kappa shape index (κ3) is 2.79. The van der Waals surface area contributed by atoms with Crippen LogP contribution >= 0.6 is 0 Å².